The zero-order valence-corrected chi connectivity index (χ0v) is 43.8. The molecule has 0 unspecified atom stereocenters. The number of phenolic OH excluding ortho intramolecular Hbond substituents is 2. The molecule has 7 heteroatoms. The van der Waals surface area contributed by atoms with Gasteiger partial charge < -0.3 is 15.3 Å². The third-order valence-corrected chi connectivity index (χ3v) is 11.7. The average Bonchev–Trinajstić information content (AvgIpc) is 2.99. The molecule has 349 valence electrons. The maximum Gasteiger partial charge on any atom is 0.300 e. The largest absolute Gasteiger partial charge is 0.507 e. The van der Waals surface area contributed by atoms with Gasteiger partial charge in [0.15, 0.2) is 0 Å². The van der Waals surface area contributed by atoms with Crippen molar-refractivity contribution in [3.05, 3.63) is 57.6 Å². The molecule has 0 saturated heterocycles. The van der Waals surface area contributed by atoms with Gasteiger partial charge in [-0.15, -0.1) is 0 Å². The van der Waals surface area contributed by atoms with E-state index in [1.165, 1.54) is 11.1 Å². The smallest absolute Gasteiger partial charge is 0.300 e. The number of benzene rings is 2. The standard InChI is InChI=1S/C52H86N2O2.C2H4O2.Co/c1-45(2,3)31-49(13,14)37-25-35(43(55)39(27-37)51(17,18)33-47(7,8)9)29-53-41-23-21-22-24-42(41)54-30-36-26-38(50(15,16)32-46(4,5)6)28-40(44(36)56)52(19,20)34-48(10,11)12;1-2(3)4;/h25-30,41-42,55-56H,21-24,31-34H2,1-20H3;1H3,(H,3,4);/t41-,42-;;/m0../s1. The Morgan fingerprint density at radius 3 is 1.02 bits per heavy atom. The summed E-state index contributed by atoms with van der Waals surface area (Å²) in [6.45, 7) is 47.0. The zero-order valence-electron chi connectivity index (χ0n) is 42.8. The Morgan fingerprint density at radius 1 is 0.525 bits per heavy atom. The monoisotopic (exact) mass is 890 g/mol. The Kier molecular flexibility index (Phi) is 18.9. The van der Waals surface area contributed by atoms with Crippen LogP contribution in [0.25, 0.3) is 0 Å². The summed E-state index contributed by atoms with van der Waals surface area (Å²) < 4.78 is 0. The van der Waals surface area contributed by atoms with E-state index < -0.39 is 5.97 Å². The number of carboxylic acids is 1. The molecular weight excluding hydrogens is 800 g/mol. The molecule has 1 fully saturated rings. The number of hydrogen-bond donors (Lipinski definition) is 3. The molecule has 2 aromatic carbocycles. The van der Waals surface area contributed by atoms with Crippen molar-refractivity contribution in [2.45, 2.75) is 231 Å². The minimum absolute atomic E-state index is 0. The Bertz CT molecular complexity index is 1690. The van der Waals surface area contributed by atoms with Crippen LogP contribution in [0, 0.1) is 21.7 Å². The maximum atomic E-state index is 12.0. The molecule has 0 spiro atoms. The number of aliphatic imine (C=N–C) groups is 2. The SMILES string of the molecule is CC(=O)O.CC(C)(C)CC(C)(C)c1cc(C=N[C@H]2CCCC[C@@H]2N=Cc2cc(C(C)(C)CC(C)(C)C)cc(C(C)(C)CC(C)(C)C)c2O)c(O)c(C(C)(C)CC(C)(C)C)c1.[Co]. The number of aromatic hydroxyl groups is 2. The summed E-state index contributed by atoms with van der Waals surface area (Å²) in [4.78, 5) is 19.5. The summed E-state index contributed by atoms with van der Waals surface area (Å²) >= 11 is 0. The minimum Gasteiger partial charge on any atom is -0.507 e. The predicted molar refractivity (Wildman–Crippen MR) is 259 cm³/mol. The normalized spacial score (nSPS) is 17.6. The molecule has 0 bridgehead atoms. The molecule has 3 rings (SSSR count). The van der Waals surface area contributed by atoms with Crippen LogP contribution in [0.3, 0.4) is 0 Å². The summed E-state index contributed by atoms with van der Waals surface area (Å²) in [5.41, 5.74) is 5.99. The molecule has 0 amide bonds. The second-order valence-electron chi connectivity index (χ2n) is 25.9. The first-order valence-electron chi connectivity index (χ1n) is 22.8. The molecule has 3 N–H and O–H groups in total. The van der Waals surface area contributed by atoms with Gasteiger partial charge in [0.05, 0.1) is 12.1 Å². The first-order valence-corrected chi connectivity index (χ1v) is 22.8. The van der Waals surface area contributed by atoms with E-state index in [-0.39, 0.29) is 72.2 Å². The van der Waals surface area contributed by atoms with Gasteiger partial charge in [-0.3, -0.25) is 14.8 Å². The number of hydrogen-bond acceptors (Lipinski definition) is 5. The van der Waals surface area contributed by atoms with Crippen LogP contribution in [0.2, 0.25) is 0 Å². The van der Waals surface area contributed by atoms with Crippen LogP contribution >= 0.6 is 0 Å². The molecule has 0 heterocycles. The van der Waals surface area contributed by atoms with Crippen molar-refractivity contribution in [2.75, 3.05) is 0 Å². The van der Waals surface area contributed by atoms with Crippen molar-refractivity contribution in [1.29, 1.82) is 0 Å². The molecule has 2 aromatic rings. The van der Waals surface area contributed by atoms with Gasteiger partial charge in [-0.2, -0.15) is 0 Å². The Morgan fingerprint density at radius 2 is 0.770 bits per heavy atom. The molecule has 1 aliphatic rings. The summed E-state index contributed by atoms with van der Waals surface area (Å²) in [6.07, 6.45) is 11.9. The van der Waals surface area contributed by atoms with Crippen molar-refractivity contribution in [3.8, 4) is 11.5 Å². The Labute approximate surface area is 384 Å². The van der Waals surface area contributed by atoms with E-state index in [2.05, 4.69) is 163 Å². The van der Waals surface area contributed by atoms with Crippen LogP contribution in [0.15, 0.2) is 34.3 Å². The fraction of sp³-hybridized carbons (Fsp3) is 0.722. The Balaban J connectivity index is 0.00000355. The molecular formula is C54H90CoN2O4. The van der Waals surface area contributed by atoms with Crippen LogP contribution < -0.4 is 0 Å². The fourth-order valence-electron chi connectivity index (χ4n) is 10.8. The number of phenols is 2. The number of carbonyl (C=O) groups is 1. The third kappa shape index (κ3) is 18.2. The molecule has 1 radical (unpaired) electrons. The number of rotatable bonds is 12. The quantitative estimate of drug-likeness (QED) is 0.185. The van der Waals surface area contributed by atoms with Gasteiger partial charge in [0.2, 0.25) is 0 Å². The van der Waals surface area contributed by atoms with Crippen LogP contribution in [0.4, 0.5) is 0 Å². The van der Waals surface area contributed by atoms with Gasteiger partial charge in [0, 0.05) is 58.4 Å². The van der Waals surface area contributed by atoms with E-state index in [1.54, 1.807) is 0 Å². The first kappa shape index (κ1) is 56.4. The second-order valence-corrected chi connectivity index (χ2v) is 25.9. The minimum atomic E-state index is -0.833. The van der Waals surface area contributed by atoms with Crippen LogP contribution in [0.5, 0.6) is 11.5 Å². The summed E-state index contributed by atoms with van der Waals surface area (Å²) in [7, 11) is 0. The topological polar surface area (TPSA) is 102 Å². The van der Waals surface area contributed by atoms with E-state index in [0.717, 1.165) is 80.5 Å². The number of aliphatic carboxylic acids is 1. The van der Waals surface area contributed by atoms with Gasteiger partial charge >= 0.3 is 0 Å². The van der Waals surface area contributed by atoms with E-state index in [9.17, 15) is 10.2 Å². The molecule has 1 saturated carbocycles. The number of carboxylic acid groups (broad SMARTS) is 1. The summed E-state index contributed by atoms with van der Waals surface area (Å²) in [6, 6.07) is 8.92. The maximum absolute atomic E-state index is 12.0. The molecule has 0 aromatic heterocycles. The van der Waals surface area contributed by atoms with E-state index in [4.69, 9.17) is 19.9 Å². The second kappa shape index (κ2) is 20.5. The average molecular weight is 890 g/mol. The summed E-state index contributed by atoms with van der Waals surface area (Å²) in [5.74, 6) is -0.140. The third-order valence-electron chi connectivity index (χ3n) is 11.7. The van der Waals surface area contributed by atoms with Crippen LogP contribution in [-0.4, -0.2) is 45.8 Å². The van der Waals surface area contributed by atoms with Crippen molar-refractivity contribution in [2.24, 2.45) is 31.6 Å². The van der Waals surface area contributed by atoms with Gasteiger partial charge in [-0.25, -0.2) is 0 Å². The first-order chi connectivity index (χ1) is 26.8. The van der Waals surface area contributed by atoms with E-state index >= 15 is 0 Å². The van der Waals surface area contributed by atoms with Crippen molar-refractivity contribution < 1.29 is 36.9 Å². The van der Waals surface area contributed by atoms with Crippen LogP contribution in [-0.2, 0) is 43.2 Å². The molecule has 61 heavy (non-hydrogen) atoms. The van der Waals surface area contributed by atoms with Gasteiger partial charge in [-0.1, -0.05) is 163 Å². The van der Waals surface area contributed by atoms with Crippen molar-refractivity contribution in [3.63, 3.8) is 0 Å². The van der Waals surface area contributed by atoms with Gasteiger partial charge in [0.25, 0.3) is 5.97 Å². The number of nitrogens with zero attached hydrogens (tertiary/aromatic N) is 2. The Hall–Kier alpha value is -2.64. The summed E-state index contributed by atoms with van der Waals surface area (Å²) in [5, 5.41) is 31.4. The van der Waals surface area contributed by atoms with Crippen molar-refractivity contribution in [1.82, 2.24) is 0 Å². The predicted octanol–water partition coefficient (Wildman–Crippen LogP) is 14.9. The van der Waals surface area contributed by atoms with Gasteiger partial charge in [-0.05, 0) is 105 Å². The van der Waals surface area contributed by atoms with E-state index in [0.29, 0.717) is 11.5 Å². The van der Waals surface area contributed by atoms with E-state index in [1.807, 2.05) is 12.4 Å². The zero-order chi connectivity index (χ0) is 46.7. The van der Waals surface area contributed by atoms with Crippen LogP contribution in [0.1, 0.15) is 230 Å². The van der Waals surface area contributed by atoms with Crippen molar-refractivity contribution >= 4 is 18.4 Å². The van der Waals surface area contributed by atoms with Gasteiger partial charge in [0.1, 0.15) is 11.5 Å². The molecule has 1 aliphatic carbocycles. The molecule has 6 nitrogen and oxygen atoms in total. The molecule has 0 aliphatic heterocycles. The molecule has 2 atom stereocenters. The fourth-order valence-corrected chi connectivity index (χ4v) is 10.8.